The van der Waals surface area contributed by atoms with E-state index in [4.69, 9.17) is 9.47 Å². The van der Waals surface area contributed by atoms with Crippen LogP contribution in [0.1, 0.15) is 11.1 Å². The van der Waals surface area contributed by atoms with Crippen molar-refractivity contribution >= 4 is 5.91 Å². The van der Waals surface area contributed by atoms with Crippen LogP contribution in [0.15, 0.2) is 42.5 Å². The van der Waals surface area contributed by atoms with Crippen LogP contribution in [0.2, 0.25) is 0 Å². The molecule has 0 bridgehead atoms. The number of amides is 1. The van der Waals surface area contributed by atoms with Gasteiger partial charge >= 0.3 is 0 Å². The predicted molar refractivity (Wildman–Crippen MR) is 81.5 cm³/mol. The Morgan fingerprint density at radius 2 is 1.91 bits per heavy atom. The number of para-hydroxylation sites is 2. The van der Waals surface area contributed by atoms with Gasteiger partial charge in [-0.05, 0) is 36.2 Å². The number of hydrogen-bond acceptors (Lipinski definition) is 3. The van der Waals surface area contributed by atoms with Gasteiger partial charge in [-0.25, -0.2) is 4.39 Å². The van der Waals surface area contributed by atoms with Crippen LogP contribution in [0.5, 0.6) is 11.5 Å². The minimum atomic E-state index is -0.257. The zero-order chi connectivity index (χ0) is 15.9. The van der Waals surface area contributed by atoms with Gasteiger partial charge in [-0.1, -0.05) is 24.3 Å². The molecule has 22 heavy (non-hydrogen) atoms. The van der Waals surface area contributed by atoms with Crippen LogP contribution in [0.3, 0.4) is 0 Å². The third-order valence-corrected chi connectivity index (χ3v) is 3.14. The molecule has 2 aromatic carbocycles. The number of aryl methyl sites for hydroxylation is 1. The lowest BCUT2D eigenvalue weighted by atomic mass is 10.1. The van der Waals surface area contributed by atoms with Crippen LogP contribution < -0.4 is 14.8 Å². The van der Waals surface area contributed by atoms with Gasteiger partial charge in [-0.15, -0.1) is 0 Å². The van der Waals surface area contributed by atoms with Gasteiger partial charge in [0, 0.05) is 6.54 Å². The molecule has 2 rings (SSSR count). The molecule has 0 spiro atoms. The number of carbonyl (C=O) groups is 1. The summed E-state index contributed by atoms with van der Waals surface area (Å²) < 4.78 is 23.7. The molecule has 0 aliphatic rings. The highest BCUT2D eigenvalue weighted by Crippen LogP contribution is 2.25. The van der Waals surface area contributed by atoms with E-state index in [9.17, 15) is 9.18 Å². The van der Waals surface area contributed by atoms with E-state index in [1.807, 2.05) is 6.07 Å². The largest absolute Gasteiger partial charge is 0.493 e. The summed E-state index contributed by atoms with van der Waals surface area (Å²) in [5.41, 5.74) is 1.39. The van der Waals surface area contributed by atoms with Crippen molar-refractivity contribution < 1.29 is 18.7 Å². The maximum absolute atomic E-state index is 13.2. The molecule has 0 unspecified atom stereocenters. The van der Waals surface area contributed by atoms with E-state index in [1.54, 1.807) is 44.4 Å². The standard InChI is InChI=1S/C17H18FNO3/c1-12-9-13(7-8-14(12)18)10-19-17(20)11-22-16-6-4-3-5-15(16)21-2/h3-9H,10-11H2,1-2H3,(H,19,20). The number of carbonyl (C=O) groups excluding carboxylic acids is 1. The fraction of sp³-hybridized carbons (Fsp3) is 0.235. The predicted octanol–water partition coefficient (Wildman–Crippen LogP) is 2.84. The minimum absolute atomic E-state index is 0.111. The normalized spacial score (nSPS) is 10.1. The second kappa shape index (κ2) is 7.45. The Labute approximate surface area is 128 Å². The molecule has 0 aromatic heterocycles. The molecular formula is C17H18FNO3. The van der Waals surface area contributed by atoms with Gasteiger partial charge < -0.3 is 14.8 Å². The van der Waals surface area contributed by atoms with Crippen molar-refractivity contribution in [2.24, 2.45) is 0 Å². The SMILES string of the molecule is COc1ccccc1OCC(=O)NCc1ccc(F)c(C)c1. The molecule has 0 saturated heterocycles. The third-order valence-electron chi connectivity index (χ3n) is 3.14. The Hall–Kier alpha value is -2.56. The van der Waals surface area contributed by atoms with Gasteiger partial charge in [-0.2, -0.15) is 0 Å². The molecule has 2 aromatic rings. The summed E-state index contributed by atoms with van der Waals surface area (Å²) in [4.78, 5) is 11.8. The summed E-state index contributed by atoms with van der Waals surface area (Å²) in [6.45, 7) is 1.90. The highest BCUT2D eigenvalue weighted by atomic mass is 19.1. The highest BCUT2D eigenvalue weighted by Gasteiger charge is 2.07. The molecule has 5 heteroatoms. The topological polar surface area (TPSA) is 47.6 Å². The van der Waals surface area contributed by atoms with Gasteiger partial charge in [0.25, 0.3) is 5.91 Å². The Bertz CT molecular complexity index is 658. The molecule has 116 valence electrons. The number of nitrogens with one attached hydrogen (secondary N) is 1. The molecule has 0 radical (unpaired) electrons. The average Bonchev–Trinajstić information content (AvgIpc) is 2.54. The zero-order valence-corrected chi connectivity index (χ0v) is 12.6. The molecular weight excluding hydrogens is 285 g/mol. The molecule has 4 nitrogen and oxygen atoms in total. The average molecular weight is 303 g/mol. The fourth-order valence-electron chi connectivity index (χ4n) is 1.95. The maximum atomic E-state index is 13.2. The highest BCUT2D eigenvalue weighted by molar-refractivity contribution is 5.77. The first kappa shape index (κ1) is 15.8. The van der Waals surface area contributed by atoms with E-state index in [2.05, 4.69) is 5.32 Å². The molecule has 1 amide bonds. The first-order valence-corrected chi connectivity index (χ1v) is 6.87. The summed E-state index contributed by atoms with van der Waals surface area (Å²) >= 11 is 0. The number of methoxy groups -OCH3 is 1. The Morgan fingerprint density at radius 3 is 2.59 bits per heavy atom. The lowest BCUT2D eigenvalue weighted by molar-refractivity contribution is -0.123. The van der Waals surface area contributed by atoms with Crippen molar-refractivity contribution in [1.82, 2.24) is 5.32 Å². The summed E-state index contributed by atoms with van der Waals surface area (Å²) in [5, 5.41) is 2.73. The van der Waals surface area contributed by atoms with Gasteiger partial charge in [0.05, 0.1) is 7.11 Å². The summed E-state index contributed by atoms with van der Waals surface area (Å²) in [5.74, 6) is 0.574. The maximum Gasteiger partial charge on any atom is 0.258 e. The molecule has 0 fully saturated rings. The molecule has 0 aliphatic carbocycles. The lowest BCUT2D eigenvalue weighted by Crippen LogP contribution is -2.28. The Kier molecular flexibility index (Phi) is 5.36. The van der Waals surface area contributed by atoms with Gasteiger partial charge in [0.2, 0.25) is 0 Å². The van der Waals surface area contributed by atoms with Gasteiger partial charge in [0.1, 0.15) is 5.82 Å². The van der Waals surface area contributed by atoms with Crippen LogP contribution in [-0.2, 0) is 11.3 Å². The fourth-order valence-corrected chi connectivity index (χ4v) is 1.95. The van der Waals surface area contributed by atoms with Gasteiger partial charge in [0.15, 0.2) is 18.1 Å². The van der Waals surface area contributed by atoms with E-state index in [-0.39, 0.29) is 18.3 Å². The summed E-state index contributed by atoms with van der Waals surface area (Å²) in [7, 11) is 1.54. The Balaban J connectivity index is 1.84. The molecule has 1 N–H and O–H groups in total. The number of benzene rings is 2. The summed E-state index contributed by atoms with van der Waals surface area (Å²) in [6.07, 6.45) is 0. The van der Waals surface area contributed by atoms with Crippen molar-refractivity contribution in [2.75, 3.05) is 13.7 Å². The third kappa shape index (κ3) is 4.22. The van der Waals surface area contributed by atoms with Crippen LogP contribution in [0.25, 0.3) is 0 Å². The molecule has 0 heterocycles. The van der Waals surface area contributed by atoms with E-state index in [0.29, 0.717) is 23.6 Å². The molecule has 0 aliphatic heterocycles. The van der Waals surface area contributed by atoms with Crippen molar-refractivity contribution in [3.8, 4) is 11.5 Å². The number of halogens is 1. The monoisotopic (exact) mass is 303 g/mol. The zero-order valence-electron chi connectivity index (χ0n) is 12.6. The lowest BCUT2D eigenvalue weighted by Gasteiger charge is -2.10. The van der Waals surface area contributed by atoms with E-state index in [0.717, 1.165) is 5.56 Å². The van der Waals surface area contributed by atoms with Crippen LogP contribution >= 0.6 is 0 Å². The second-order valence-corrected chi connectivity index (χ2v) is 4.80. The number of rotatable bonds is 6. The first-order chi connectivity index (χ1) is 10.6. The van der Waals surface area contributed by atoms with E-state index in [1.165, 1.54) is 6.07 Å². The van der Waals surface area contributed by atoms with Crippen LogP contribution in [0, 0.1) is 12.7 Å². The summed E-state index contributed by atoms with van der Waals surface area (Å²) in [6, 6.07) is 11.9. The number of hydrogen-bond donors (Lipinski definition) is 1. The molecule has 0 atom stereocenters. The minimum Gasteiger partial charge on any atom is -0.493 e. The first-order valence-electron chi connectivity index (χ1n) is 6.87. The van der Waals surface area contributed by atoms with Crippen molar-refractivity contribution in [1.29, 1.82) is 0 Å². The molecule has 0 saturated carbocycles. The number of ether oxygens (including phenoxy) is 2. The van der Waals surface area contributed by atoms with Crippen LogP contribution in [-0.4, -0.2) is 19.6 Å². The smallest absolute Gasteiger partial charge is 0.258 e. The van der Waals surface area contributed by atoms with Crippen molar-refractivity contribution in [2.45, 2.75) is 13.5 Å². The van der Waals surface area contributed by atoms with Gasteiger partial charge in [-0.3, -0.25) is 4.79 Å². The van der Waals surface area contributed by atoms with Crippen molar-refractivity contribution in [3.63, 3.8) is 0 Å². The Morgan fingerprint density at radius 1 is 1.18 bits per heavy atom. The van der Waals surface area contributed by atoms with E-state index >= 15 is 0 Å². The second-order valence-electron chi connectivity index (χ2n) is 4.80. The van der Waals surface area contributed by atoms with Crippen molar-refractivity contribution in [3.05, 3.63) is 59.4 Å². The van der Waals surface area contributed by atoms with E-state index < -0.39 is 0 Å². The van der Waals surface area contributed by atoms with Crippen LogP contribution in [0.4, 0.5) is 4.39 Å². The quantitative estimate of drug-likeness (QED) is 0.892.